The number of guanidine groups is 1. The van der Waals surface area contributed by atoms with Gasteiger partial charge in [0.2, 0.25) is 0 Å². The summed E-state index contributed by atoms with van der Waals surface area (Å²) in [4.78, 5) is 4.67. The molecule has 0 aliphatic heterocycles. The van der Waals surface area contributed by atoms with Crippen LogP contribution in [0.5, 0.6) is 0 Å². The number of nitrogens with one attached hydrogen (secondary N) is 2. The van der Waals surface area contributed by atoms with Crippen molar-refractivity contribution in [2.75, 3.05) is 13.7 Å². The maximum Gasteiger partial charge on any atom is 0.192 e. The van der Waals surface area contributed by atoms with Crippen molar-refractivity contribution < 1.29 is 4.74 Å². The van der Waals surface area contributed by atoms with Crippen molar-refractivity contribution in [3.8, 4) is 0 Å². The van der Waals surface area contributed by atoms with Gasteiger partial charge in [-0.05, 0) is 26.3 Å². The van der Waals surface area contributed by atoms with Crippen LogP contribution in [0.4, 0.5) is 0 Å². The summed E-state index contributed by atoms with van der Waals surface area (Å²) >= 11 is 0. The van der Waals surface area contributed by atoms with Crippen LogP contribution in [0.3, 0.4) is 0 Å². The number of nitrogens with zero attached hydrogens (tertiary/aromatic N) is 4. The quantitative estimate of drug-likeness (QED) is 0.368. The Morgan fingerprint density at radius 2 is 1.88 bits per heavy atom. The summed E-state index contributed by atoms with van der Waals surface area (Å²) < 4.78 is 7.15. The Balaban J connectivity index is 0.00000338. The molecular formula is C18H29IN6O. The Morgan fingerprint density at radius 1 is 1.19 bits per heavy atom. The molecule has 2 rings (SSSR count). The highest BCUT2D eigenvalue weighted by Crippen LogP contribution is 2.11. The molecule has 0 spiro atoms. The number of aliphatic imine (C=N–C) groups is 1. The smallest absolute Gasteiger partial charge is 0.192 e. The molecule has 2 N–H and O–H groups in total. The van der Waals surface area contributed by atoms with Gasteiger partial charge < -0.3 is 19.9 Å². The summed E-state index contributed by atoms with van der Waals surface area (Å²) in [5.41, 5.74) is 1.20. The van der Waals surface area contributed by atoms with Crippen molar-refractivity contribution in [2.45, 2.75) is 39.4 Å². The van der Waals surface area contributed by atoms with Gasteiger partial charge in [-0.2, -0.15) is 0 Å². The first-order valence-corrected chi connectivity index (χ1v) is 8.47. The van der Waals surface area contributed by atoms with E-state index in [0.717, 1.165) is 17.6 Å². The summed E-state index contributed by atoms with van der Waals surface area (Å²) in [6.45, 7) is 7.15. The number of methoxy groups -OCH3 is 1. The van der Waals surface area contributed by atoms with Gasteiger partial charge in [-0.15, -0.1) is 34.2 Å². The zero-order chi connectivity index (χ0) is 18.2. The zero-order valence-corrected chi connectivity index (χ0v) is 18.4. The molecule has 0 fully saturated rings. The number of aryl methyl sites for hydroxylation is 1. The van der Waals surface area contributed by atoms with Gasteiger partial charge in [-0.3, -0.25) is 0 Å². The minimum absolute atomic E-state index is 0. The van der Waals surface area contributed by atoms with E-state index in [9.17, 15) is 0 Å². The number of aromatic nitrogens is 3. The third-order valence-electron chi connectivity index (χ3n) is 4.01. The Bertz CT molecular complexity index is 688. The van der Waals surface area contributed by atoms with Crippen LogP contribution in [-0.2, 0) is 18.3 Å². The van der Waals surface area contributed by atoms with E-state index in [4.69, 9.17) is 4.74 Å². The van der Waals surface area contributed by atoms with Gasteiger partial charge in [0.1, 0.15) is 12.4 Å². The summed E-state index contributed by atoms with van der Waals surface area (Å²) in [6.07, 6.45) is 0. The highest BCUT2D eigenvalue weighted by molar-refractivity contribution is 14.0. The van der Waals surface area contributed by atoms with Gasteiger partial charge in [0.05, 0.1) is 12.6 Å². The Labute approximate surface area is 172 Å². The summed E-state index contributed by atoms with van der Waals surface area (Å²) in [5, 5.41) is 15.1. The molecule has 0 amide bonds. The second kappa shape index (κ2) is 11.1. The van der Waals surface area contributed by atoms with Gasteiger partial charge in [-0.1, -0.05) is 30.3 Å². The van der Waals surface area contributed by atoms with Gasteiger partial charge >= 0.3 is 0 Å². The van der Waals surface area contributed by atoms with Crippen molar-refractivity contribution in [1.82, 2.24) is 25.4 Å². The Morgan fingerprint density at radius 3 is 2.46 bits per heavy atom. The van der Waals surface area contributed by atoms with E-state index in [1.807, 2.05) is 36.7 Å². The van der Waals surface area contributed by atoms with E-state index in [1.54, 1.807) is 7.11 Å². The summed E-state index contributed by atoms with van der Waals surface area (Å²) in [5.74, 6) is 2.42. The van der Waals surface area contributed by atoms with Crippen LogP contribution >= 0.6 is 24.0 Å². The van der Waals surface area contributed by atoms with Gasteiger partial charge in [0.25, 0.3) is 0 Å². The normalized spacial score (nSPS) is 13.7. The first-order valence-electron chi connectivity index (χ1n) is 8.47. The predicted molar refractivity (Wildman–Crippen MR) is 115 cm³/mol. The topological polar surface area (TPSA) is 76.4 Å². The van der Waals surface area contributed by atoms with E-state index in [1.165, 1.54) is 5.56 Å². The number of hydrogen-bond acceptors (Lipinski definition) is 4. The number of rotatable bonds is 7. The van der Waals surface area contributed by atoms with Crippen molar-refractivity contribution in [3.63, 3.8) is 0 Å². The molecule has 2 aromatic rings. The van der Waals surface area contributed by atoms with E-state index in [-0.39, 0.29) is 36.1 Å². The fourth-order valence-electron chi connectivity index (χ4n) is 2.43. The maximum atomic E-state index is 5.21. The largest absolute Gasteiger partial charge is 0.383 e. The van der Waals surface area contributed by atoms with Crippen LogP contribution in [0.25, 0.3) is 0 Å². The minimum Gasteiger partial charge on any atom is -0.383 e. The average molecular weight is 472 g/mol. The van der Waals surface area contributed by atoms with E-state index < -0.39 is 0 Å². The molecule has 1 aromatic heterocycles. The van der Waals surface area contributed by atoms with Crippen molar-refractivity contribution in [1.29, 1.82) is 0 Å². The second-order valence-electron chi connectivity index (χ2n) is 6.16. The van der Waals surface area contributed by atoms with Crippen molar-refractivity contribution >= 4 is 29.9 Å². The van der Waals surface area contributed by atoms with Crippen molar-refractivity contribution in [3.05, 3.63) is 47.5 Å². The molecule has 144 valence electrons. The molecule has 7 nitrogen and oxygen atoms in total. The van der Waals surface area contributed by atoms with E-state index in [2.05, 4.69) is 51.8 Å². The Hall–Kier alpha value is -1.68. The standard InChI is InChI=1S/C18H28N6O.HI/c1-13(12-25-5)20-18(19-11-17-23-22-15(3)24(17)4)21-14(2)16-9-7-6-8-10-16;/h6-10,13-14H,11-12H2,1-5H3,(H2,19,20,21);1H. The van der Waals surface area contributed by atoms with Crippen LogP contribution in [0.15, 0.2) is 35.3 Å². The molecular weight excluding hydrogens is 443 g/mol. The molecule has 2 atom stereocenters. The molecule has 0 aliphatic carbocycles. The molecule has 0 radical (unpaired) electrons. The zero-order valence-electron chi connectivity index (χ0n) is 16.1. The van der Waals surface area contributed by atoms with Crippen LogP contribution < -0.4 is 10.6 Å². The monoisotopic (exact) mass is 472 g/mol. The molecule has 26 heavy (non-hydrogen) atoms. The second-order valence-corrected chi connectivity index (χ2v) is 6.16. The molecule has 2 unspecified atom stereocenters. The van der Waals surface area contributed by atoms with Crippen LogP contribution in [0.2, 0.25) is 0 Å². The van der Waals surface area contributed by atoms with Gasteiger partial charge in [0, 0.05) is 20.2 Å². The molecule has 8 heteroatoms. The highest BCUT2D eigenvalue weighted by atomic mass is 127. The first-order chi connectivity index (χ1) is 12.0. The average Bonchev–Trinajstić information content (AvgIpc) is 2.92. The molecule has 0 saturated heterocycles. The van der Waals surface area contributed by atoms with Crippen LogP contribution in [-0.4, -0.2) is 40.5 Å². The lowest BCUT2D eigenvalue weighted by Crippen LogP contribution is -2.44. The Kier molecular flexibility index (Phi) is 9.57. The summed E-state index contributed by atoms with van der Waals surface area (Å²) in [6, 6.07) is 10.5. The summed E-state index contributed by atoms with van der Waals surface area (Å²) in [7, 11) is 3.64. The molecule has 0 saturated carbocycles. The predicted octanol–water partition coefficient (Wildman–Crippen LogP) is 2.57. The number of benzene rings is 1. The number of ether oxygens (including phenoxy) is 1. The fraction of sp³-hybridized carbons (Fsp3) is 0.500. The molecule has 0 bridgehead atoms. The maximum absolute atomic E-state index is 5.21. The van der Waals surface area contributed by atoms with E-state index in [0.29, 0.717) is 13.2 Å². The highest BCUT2D eigenvalue weighted by Gasteiger charge is 2.11. The minimum atomic E-state index is 0. The molecule has 1 heterocycles. The van der Waals surface area contributed by atoms with E-state index >= 15 is 0 Å². The third-order valence-corrected chi connectivity index (χ3v) is 4.01. The lowest BCUT2D eigenvalue weighted by atomic mass is 10.1. The van der Waals surface area contributed by atoms with Gasteiger partial charge in [-0.25, -0.2) is 4.99 Å². The van der Waals surface area contributed by atoms with Crippen LogP contribution in [0.1, 0.15) is 37.1 Å². The molecule has 0 aliphatic rings. The first kappa shape index (κ1) is 22.4. The fourth-order valence-corrected chi connectivity index (χ4v) is 2.43. The third kappa shape index (κ3) is 6.56. The van der Waals surface area contributed by atoms with Crippen molar-refractivity contribution in [2.24, 2.45) is 12.0 Å². The lowest BCUT2D eigenvalue weighted by Gasteiger charge is -2.21. The van der Waals surface area contributed by atoms with Gasteiger partial charge in [0.15, 0.2) is 11.8 Å². The number of hydrogen-bond donors (Lipinski definition) is 2. The number of halogens is 1. The SMILES string of the molecule is COCC(C)NC(=NCc1nnc(C)n1C)NC(C)c1ccccc1.I. The van der Waals surface area contributed by atoms with Crippen LogP contribution in [0, 0.1) is 6.92 Å². The lowest BCUT2D eigenvalue weighted by molar-refractivity contribution is 0.179. The molecule has 1 aromatic carbocycles.